The zero-order valence-corrected chi connectivity index (χ0v) is 27.8. The first-order chi connectivity index (χ1) is 21.7. The van der Waals surface area contributed by atoms with Gasteiger partial charge in [0, 0.05) is 63.1 Å². The van der Waals surface area contributed by atoms with Crippen LogP contribution in [-0.4, -0.2) is 74.0 Å². The van der Waals surface area contributed by atoms with Gasteiger partial charge in [-0.15, -0.1) is 0 Å². The molecule has 1 fully saturated rings. The van der Waals surface area contributed by atoms with Crippen LogP contribution in [0.15, 0.2) is 60.7 Å². The van der Waals surface area contributed by atoms with E-state index in [-0.39, 0.29) is 11.8 Å². The van der Waals surface area contributed by atoms with Crippen molar-refractivity contribution in [3.8, 4) is 5.75 Å². The molecule has 7 nitrogen and oxygen atoms in total. The molecule has 240 valence electrons. The number of carbonyl (C=O) groups is 2. The predicted octanol–water partition coefficient (Wildman–Crippen LogP) is 6.63. The second-order valence-electron chi connectivity index (χ2n) is 12.9. The molecule has 0 atom stereocenters. The fourth-order valence-corrected chi connectivity index (χ4v) is 6.78. The summed E-state index contributed by atoms with van der Waals surface area (Å²) in [5.74, 6) is 0.881. The van der Waals surface area contributed by atoms with Crippen molar-refractivity contribution in [2.75, 3.05) is 56.2 Å². The van der Waals surface area contributed by atoms with Gasteiger partial charge in [-0.05, 0) is 99.9 Å². The Morgan fingerprint density at radius 3 is 2.27 bits per heavy atom. The number of para-hydroxylation sites is 1. The number of piperidine rings is 1. The van der Waals surface area contributed by atoms with Gasteiger partial charge >= 0.3 is 0 Å². The standard InChI is InChI=1S/C38H50N4O3/c1-28(2)39-21-10-22-42(36(43)25-31-14-17-34(45-5)18-15-31)37-30(4)11-9-12-33(37)27-41(24-23-39)38(44)32-16-13-29(3)35(26-32)40-19-7-6-8-20-40/h9,11-18,26,28H,6-8,10,19-25,27H2,1-5H3. The zero-order chi connectivity index (χ0) is 31.9. The third-order valence-electron chi connectivity index (χ3n) is 9.42. The van der Waals surface area contributed by atoms with E-state index in [4.69, 9.17) is 4.74 Å². The molecule has 2 heterocycles. The molecule has 0 N–H and O–H groups in total. The number of anilines is 2. The van der Waals surface area contributed by atoms with Gasteiger partial charge in [0.1, 0.15) is 5.75 Å². The maximum atomic E-state index is 14.4. The summed E-state index contributed by atoms with van der Waals surface area (Å²) in [5, 5.41) is 0. The number of methoxy groups -OCH3 is 1. The van der Waals surface area contributed by atoms with Gasteiger partial charge in [-0.3, -0.25) is 14.5 Å². The highest BCUT2D eigenvalue weighted by molar-refractivity contribution is 5.97. The van der Waals surface area contributed by atoms with Crippen molar-refractivity contribution in [1.82, 2.24) is 9.80 Å². The number of ether oxygens (including phenoxy) is 1. The highest BCUT2D eigenvalue weighted by atomic mass is 16.5. The van der Waals surface area contributed by atoms with Crippen molar-refractivity contribution in [1.29, 1.82) is 0 Å². The molecule has 0 bridgehead atoms. The molecule has 5 rings (SSSR count). The minimum atomic E-state index is 0.0415. The Morgan fingerprint density at radius 1 is 0.800 bits per heavy atom. The van der Waals surface area contributed by atoms with Crippen LogP contribution >= 0.6 is 0 Å². The molecule has 0 saturated carbocycles. The van der Waals surface area contributed by atoms with E-state index in [1.165, 1.54) is 30.5 Å². The van der Waals surface area contributed by atoms with Crippen LogP contribution in [0.1, 0.15) is 72.1 Å². The fraction of sp³-hybridized carbons (Fsp3) is 0.474. The molecule has 0 aliphatic carbocycles. The van der Waals surface area contributed by atoms with E-state index in [0.29, 0.717) is 32.1 Å². The van der Waals surface area contributed by atoms with Crippen molar-refractivity contribution >= 4 is 23.2 Å². The Balaban J connectivity index is 1.49. The van der Waals surface area contributed by atoms with E-state index >= 15 is 0 Å². The third kappa shape index (κ3) is 7.88. The van der Waals surface area contributed by atoms with E-state index in [1.807, 2.05) is 46.2 Å². The van der Waals surface area contributed by atoms with Crippen LogP contribution in [0.25, 0.3) is 0 Å². The van der Waals surface area contributed by atoms with Gasteiger partial charge in [0.15, 0.2) is 0 Å². The Hall–Kier alpha value is -3.84. The van der Waals surface area contributed by atoms with Crippen molar-refractivity contribution < 1.29 is 14.3 Å². The Kier molecular flexibility index (Phi) is 10.8. The molecular formula is C38H50N4O3. The smallest absolute Gasteiger partial charge is 0.254 e. The van der Waals surface area contributed by atoms with Crippen molar-refractivity contribution in [2.24, 2.45) is 0 Å². The van der Waals surface area contributed by atoms with Crippen LogP contribution in [0.2, 0.25) is 0 Å². The quantitative estimate of drug-likeness (QED) is 0.314. The molecule has 7 heteroatoms. The average Bonchev–Trinajstić information content (AvgIpc) is 3.08. The van der Waals surface area contributed by atoms with Gasteiger partial charge in [0.05, 0.1) is 19.2 Å². The predicted molar refractivity (Wildman–Crippen MR) is 184 cm³/mol. The van der Waals surface area contributed by atoms with Gasteiger partial charge in [-0.2, -0.15) is 0 Å². The van der Waals surface area contributed by atoms with Gasteiger partial charge in [-0.1, -0.05) is 36.4 Å². The number of hydrogen-bond donors (Lipinski definition) is 0. The topological polar surface area (TPSA) is 56.3 Å². The monoisotopic (exact) mass is 610 g/mol. The second-order valence-corrected chi connectivity index (χ2v) is 12.9. The molecule has 0 spiro atoms. The van der Waals surface area contributed by atoms with Crippen molar-refractivity contribution in [2.45, 2.75) is 72.4 Å². The number of fused-ring (bicyclic) bond motifs is 1. The first kappa shape index (κ1) is 32.6. The molecule has 3 aromatic carbocycles. The lowest BCUT2D eigenvalue weighted by molar-refractivity contribution is -0.118. The number of amides is 2. The van der Waals surface area contributed by atoms with Crippen molar-refractivity contribution in [3.63, 3.8) is 0 Å². The summed E-state index contributed by atoms with van der Waals surface area (Å²) in [4.78, 5) is 37.3. The highest BCUT2D eigenvalue weighted by Crippen LogP contribution is 2.30. The Bertz CT molecular complexity index is 1460. The summed E-state index contributed by atoms with van der Waals surface area (Å²) in [6.07, 6.45) is 4.81. The van der Waals surface area contributed by atoms with E-state index < -0.39 is 0 Å². The molecule has 2 amide bonds. The second kappa shape index (κ2) is 15.0. The summed E-state index contributed by atoms with van der Waals surface area (Å²) >= 11 is 0. The lowest BCUT2D eigenvalue weighted by Gasteiger charge is -2.32. The molecule has 0 radical (unpaired) electrons. The summed E-state index contributed by atoms with van der Waals surface area (Å²) < 4.78 is 5.32. The molecular weight excluding hydrogens is 560 g/mol. The van der Waals surface area contributed by atoms with E-state index in [1.54, 1.807) is 7.11 Å². The number of rotatable bonds is 6. The van der Waals surface area contributed by atoms with Gasteiger partial charge in [0.25, 0.3) is 5.91 Å². The molecule has 2 aliphatic heterocycles. The highest BCUT2D eigenvalue weighted by Gasteiger charge is 2.27. The Morgan fingerprint density at radius 2 is 1.56 bits per heavy atom. The number of hydrogen-bond acceptors (Lipinski definition) is 5. The van der Waals surface area contributed by atoms with Crippen LogP contribution in [0, 0.1) is 13.8 Å². The van der Waals surface area contributed by atoms with Gasteiger partial charge in [-0.25, -0.2) is 0 Å². The van der Waals surface area contributed by atoms with E-state index in [2.05, 4.69) is 61.8 Å². The van der Waals surface area contributed by atoms with Gasteiger partial charge in [0.2, 0.25) is 5.91 Å². The molecule has 2 aliphatic rings. The number of carbonyl (C=O) groups excluding carboxylic acids is 2. The lowest BCUT2D eigenvalue weighted by Crippen LogP contribution is -2.41. The molecule has 0 unspecified atom stereocenters. The summed E-state index contributed by atoms with van der Waals surface area (Å²) in [6.45, 7) is 14.1. The maximum absolute atomic E-state index is 14.4. The first-order valence-corrected chi connectivity index (χ1v) is 16.7. The summed E-state index contributed by atoms with van der Waals surface area (Å²) in [5.41, 5.74) is 7.06. The SMILES string of the molecule is COc1ccc(CC(=O)N2CCCN(C(C)C)CCN(C(=O)c3ccc(C)c(N4CCCCC4)c3)Cc3cccc(C)c32)cc1. The lowest BCUT2D eigenvalue weighted by atomic mass is 10.0. The Labute approximate surface area is 269 Å². The zero-order valence-electron chi connectivity index (χ0n) is 27.8. The van der Waals surface area contributed by atoms with Crippen LogP contribution < -0.4 is 14.5 Å². The third-order valence-corrected chi connectivity index (χ3v) is 9.42. The number of nitrogens with zero attached hydrogens (tertiary/aromatic N) is 4. The largest absolute Gasteiger partial charge is 0.497 e. The summed E-state index contributed by atoms with van der Waals surface area (Å²) in [7, 11) is 1.65. The average molecular weight is 611 g/mol. The van der Waals surface area contributed by atoms with Crippen LogP contribution in [0.5, 0.6) is 5.75 Å². The molecule has 3 aromatic rings. The minimum absolute atomic E-state index is 0.0415. The van der Waals surface area contributed by atoms with Gasteiger partial charge < -0.3 is 19.4 Å². The van der Waals surface area contributed by atoms with E-state index in [0.717, 1.165) is 66.3 Å². The number of aryl methyl sites for hydroxylation is 2. The molecule has 1 saturated heterocycles. The van der Waals surface area contributed by atoms with Crippen LogP contribution in [-0.2, 0) is 17.8 Å². The normalized spacial score (nSPS) is 16.7. The molecule has 0 aromatic heterocycles. The first-order valence-electron chi connectivity index (χ1n) is 16.7. The van der Waals surface area contributed by atoms with E-state index in [9.17, 15) is 9.59 Å². The maximum Gasteiger partial charge on any atom is 0.254 e. The van der Waals surface area contributed by atoms with Crippen LogP contribution in [0.4, 0.5) is 11.4 Å². The minimum Gasteiger partial charge on any atom is -0.497 e. The van der Waals surface area contributed by atoms with Crippen molar-refractivity contribution in [3.05, 3.63) is 88.5 Å². The number of benzene rings is 3. The summed E-state index contributed by atoms with van der Waals surface area (Å²) in [6, 6.07) is 20.5. The van der Waals surface area contributed by atoms with Crippen LogP contribution in [0.3, 0.4) is 0 Å². The fourth-order valence-electron chi connectivity index (χ4n) is 6.78. The molecule has 45 heavy (non-hydrogen) atoms.